The highest BCUT2D eigenvalue weighted by Gasteiger charge is 2.19. The molecule has 0 aliphatic rings. The van der Waals surface area contributed by atoms with Crippen LogP contribution in [0.1, 0.15) is 17.2 Å². The summed E-state index contributed by atoms with van der Waals surface area (Å²) in [5.41, 5.74) is 7.39. The predicted octanol–water partition coefficient (Wildman–Crippen LogP) is 2.66. The number of nitrogen functional groups attached to an aromatic ring is 1. The number of aliphatic hydroxyl groups excluding tert-OH is 2. The van der Waals surface area contributed by atoms with Gasteiger partial charge in [0.25, 0.3) is 0 Å². The molecule has 0 amide bonds. The normalized spacial score (nSPS) is 11.8. The van der Waals surface area contributed by atoms with Crippen LogP contribution in [0.5, 0.6) is 23.0 Å². The van der Waals surface area contributed by atoms with Gasteiger partial charge in [0.05, 0.1) is 38.1 Å². The second-order valence-corrected chi connectivity index (χ2v) is 6.28. The van der Waals surface area contributed by atoms with Crippen LogP contribution in [0.4, 0.5) is 5.69 Å². The molecule has 0 saturated heterocycles. The number of ether oxygens (including phenoxy) is 4. The molecule has 2 aromatic rings. The molecule has 0 bridgehead atoms. The number of aliphatic hydroxyl groups is 2. The number of methoxy groups -OCH3 is 3. The Kier molecular flexibility index (Phi) is 6.96. The molecule has 0 radical (unpaired) electrons. The van der Waals surface area contributed by atoms with Gasteiger partial charge in [-0.1, -0.05) is 0 Å². The Balaban J connectivity index is 2.25. The van der Waals surface area contributed by atoms with Gasteiger partial charge in [0.1, 0.15) is 24.2 Å². The van der Waals surface area contributed by atoms with Crippen molar-refractivity contribution in [3.63, 3.8) is 0 Å². The Bertz CT molecular complexity index is 768. The van der Waals surface area contributed by atoms with Crippen molar-refractivity contribution in [2.24, 2.45) is 0 Å². The second-order valence-electron chi connectivity index (χ2n) is 5.43. The lowest BCUT2D eigenvalue weighted by atomic mass is 10.1. The van der Waals surface area contributed by atoms with E-state index in [9.17, 15) is 10.2 Å². The molecule has 0 saturated carbocycles. The summed E-state index contributed by atoms with van der Waals surface area (Å²) >= 11 is 3.38. The molecule has 7 nitrogen and oxygen atoms in total. The number of nitrogens with two attached hydrogens (primary N) is 1. The lowest BCUT2D eigenvalue weighted by Gasteiger charge is -2.19. The second kappa shape index (κ2) is 8.98. The third-order valence-electron chi connectivity index (χ3n) is 3.79. The zero-order valence-electron chi connectivity index (χ0n) is 14.8. The Morgan fingerprint density at radius 2 is 1.65 bits per heavy atom. The molecule has 0 aliphatic carbocycles. The third kappa shape index (κ3) is 4.32. The Hall–Kier alpha value is -2.16. The zero-order chi connectivity index (χ0) is 19.3. The summed E-state index contributed by atoms with van der Waals surface area (Å²) in [7, 11) is 4.52. The van der Waals surface area contributed by atoms with Crippen LogP contribution in [-0.4, -0.2) is 38.1 Å². The third-order valence-corrected chi connectivity index (χ3v) is 4.41. The van der Waals surface area contributed by atoms with E-state index in [0.717, 1.165) is 0 Å². The Morgan fingerprint density at radius 3 is 2.23 bits per heavy atom. The van der Waals surface area contributed by atoms with Gasteiger partial charge in [-0.2, -0.15) is 0 Å². The molecular weight excluding hydrogens is 406 g/mol. The maximum Gasteiger partial charge on any atom is 0.184 e. The summed E-state index contributed by atoms with van der Waals surface area (Å²) in [5.74, 6) is 1.72. The molecule has 0 spiro atoms. The molecule has 1 atom stereocenters. The molecule has 0 heterocycles. The predicted molar refractivity (Wildman–Crippen MR) is 101 cm³/mol. The highest BCUT2D eigenvalue weighted by atomic mass is 79.9. The first-order valence-corrected chi connectivity index (χ1v) is 8.53. The zero-order valence-corrected chi connectivity index (χ0v) is 16.4. The molecule has 8 heteroatoms. The fourth-order valence-corrected chi connectivity index (χ4v) is 2.96. The minimum Gasteiger partial charge on any atom is -0.496 e. The van der Waals surface area contributed by atoms with Gasteiger partial charge in [0, 0.05) is 5.56 Å². The van der Waals surface area contributed by atoms with Gasteiger partial charge in [-0.25, -0.2) is 0 Å². The van der Waals surface area contributed by atoms with E-state index >= 15 is 0 Å². The van der Waals surface area contributed by atoms with Crippen LogP contribution in [0.3, 0.4) is 0 Å². The molecular formula is C18H22BrNO6. The number of rotatable bonds is 8. The quantitative estimate of drug-likeness (QED) is 0.556. The molecule has 2 rings (SSSR count). The maximum atomic E-state index is 10.6. The van der Waals surface area contributed by atoms with Gasteiger partial charge < -0.3 is 34.9 Å². The van der Waals surface area contributed by atoms with Gasteiger partial charge in [-0.15, -0.1) is 0 Å². The van der Waals surface area contributed by atoms with Crippen LogP contribution in [0, 0.1) is 0 Å². The Labute approximate surface area is 160 Å². The molecule has 0 aromatic heterocycles. The van der Waals surface area contributed by atoms with E-state index in [-0.39, 0.29) is 13.2 Å². The molecule has 0 aliphatic heterocycles. The standard InChI is InChI=1S/C18H22BrNO6/c1-23-15-7-12(19)16(24-2)6-11(15)14(22)9-26-18-13(20)4-10(8-21)5-17(18)25-3/h4-7,14,21-22H,8-9,20H2,1-3H3. The summed E-state index contributed by atoms with van der Waals surface area (Å²) < 4.78 is 22.2. The summed E-state index contributed by atoms with van der Waals surface area (Å²) in [6.45, 7) is -0.250. The van der Waals surface area contributed by atoms with Crippen LogP contribution in [0.2, 0.25) is 0 Å². The average Bonchev–Trinajstić information content (AvgIpc) is 2.65. The smallest absolute Gasteiger partial charge is 0.184 e. The van der Waals surface area contributed by atoms with Crippen LogP contribution in [-0.2, 0) is 6.61 Å². The minimum atomic E-state index is -0.992. The molecule has 26 heavy (non-hydrogen) atoms. The highest BCUT2D eigenvalue weighted by molar-refractivity contribution is 9.10. The van der Waals surface area contributed by atoms with Crippen molar-refractivity contribution in [3.8, 4) is 23.0 Å². The maximum absolute atomic E-state index is 10.6. The van der Waals surface area contributed by atoms with Crippen LogP contribution in [0.25, 0.3) is 0 Å². The largest absolute Gasteiger partial charge is 0.496 e. The summed E-state index contributed by atoms with van der Waals surface area (Å²) in [4.78, 5) is 0. The van der Waals surface area contributed by atoms with Gasteiger partial charge in [0.2, 0.25) is 0 Å². The number of hydrogen-bond donors (Lipinski definition) is 3. The Morgan fingerprint density at radius 1 is 1.00 bits per heavy atom. The van der Waals surface area contributed by atoms with Crippen LogP contribution >= 0.6 is 15.9 Å². The summed E-state index contributed by atoms with van der Waals surface area (Å²) in [6, 6.07) is 6.60. The van der Waals surface area contributed by atoms with E-state index in [1.54, 1.807) is 24.3 Å². The lowest BCUT2D eigenvalue weighted by Crippen LogP contribution is -2.13. The number of anilines is 1. The fraction of sp³-hybridized carbons (Fsp3) is 0.333. The summed E-state index contributed by atoms with van der Waals surface area (Å²) in [5, 5.41) is 19.8. The van der Waals surface area contributed by atoms with Crippen molar-refractivity contribution in [2.75, 3.05) is 33.7 Å². The van der Waals surface area contributed by atoms with Gasteiger partial charge >= 0.3 is 0 Å². The first-order chi connectivity index (χ1) is 12.4. The van der Waals surface area contributed by atoms with E-state index in [2.05, 4.69) is 15.9 Å². The van der Waals surface area contributed by atoms with Crippen molar-refractivity contribution in [1.29, 1.82) is 0 Å². The number of benzene rings is 2. The van der Waals surface area contributed by atoms with E-state index in [1.807, 2.05) is 0 Å². The van der Waals surface area contributed by atoms with Crippen molar-refractivity contribution < 1.29 is 29.2 Å². The van der Waals surface area contributed by atoms with Crippen LogP contribution in [0.15, 0.2) is 28.7 Å². The monoisotopic (exact) mass is 427 g/mol. The van der Waals surface area contributed by atoms with Crippen molar-refractivity contribution in [2.45, 2.75) is 12.7 Å². The molecule has 0 fully saturated rings. The fourth-order valence-electron chi connectivity index (χ4n) is 2.48. The molecule has 142 valence electrons. The first kappa shape index (κ1) is 20.2. The van der Waals surface area contributed by atoms with Crippen LogP contribution < -0.4 is 24.7 Å². The number of hydrogen-bond acceptors (Lipinski definition) is 7. The van der Waals surface area contributed by atoms with Gasteiger partial charge in [0.15, 0.2) is 11.5 Å². The number of halogens is 1. The molecule has 2 aromatic carbocycles. The van der Waals surface area contributed by atoms with Gasteiger partial charge in [-0.3, -0.25) is 0 Å². The topological polar surface area (TPSA) is 103 Å². The summed E-state index contributed by atoms with van der Waals surface area (Å²) in [6.07, 6.45) is -0.992. The van der Waals surface area contributed by atoms with E-state index in [1.165, 1.54) is 21.3 Å². The van der Waals surface area contributed by atoms with E-state index in [4.69, 9.17) is 24.7 Å². The average molecular weight is 428 g/mol. The van der Waals surface area contributed by atoms with Crippen molar-refractivity contribution >= 4 is 21.6 Å². The molecule has 1 unspecified atom stereocenters. The van der Waals surface area contributed by atoms with Gasteiger partial charge in [-0.05, 0) is 45.8 Å². The first-order valence-electron chi connectivity index (χ1n) is 7.74. The highest BCUT2D eigenvalue weighted by Crippen LogP contribution is 2.38. The SMILES string of the molecule is COc1cc(C(O)COc2c(N)cc(CO)cc2OC)c(OC)cc1Br. The lowest BCUT2D eigenvalue weighted by molar-refractivity contribution is 0.104. The minimum absolute atomic E-state index is 0.0832. The van der Waals surface area contributed by atoms with Crippen molar-refractivity contribution in [1.82, 2.24) is 0 Å². The van der Waals surface area contributed by atoms with Crippen molar-refractivity contribution in [3.05, 3.63) is 39.9 Å². The molecule has 4 N–H and O–H groups in total. The van der Waals surface area contributed by atoms with E-state index in [0.29, 0.717) is 44.3 Å². The van der Waals surface area contributed by atoms with E-state index < -0.39 is 6.10 Å².